The predicted molar refractivity (Wildman–Crippen MR) is 82.5 cm³/mol. The van der Waals surface area contributed by atoms with Gasteiger partial charge in [0.05, 0.1) is 4.92 Å². The Balaban J connectivity index is 2.08. The summed E-state index contributed by atoms with van der Waals surface area (Å²) in [6.45, 7) is 5.45. The fraction of sp³-hybridized carbons (Fsp3) is 0.714. The van der Waals surface area contributed by atoms with Gasteiger partial charge in [-0.3, -0.25) is 10.1 Å². The molecular formula is C14H23N5O2. The molecule has 21 heavy (non-hydrogen) atoms. The van der Waals surface area contributed by atoms with Gasteiger partial charge in [0.25, 0.3) is 0 Å². The van der Waals surface area contributed by atoms with Crippen molar-refractivity contribution in [3.63, 3.8) is 0 Å². The summed E-state index contributed by atoms with van der Waals surface area (Å²) in [7, 11) is 0. The maximum atomic E-state index is 11.3. The van der Waals surface area contributed by atoms with Crippen LogP contribution in [-0.2, 0) is 0 Å². The summed E-state index contributed by atoms with van der Waals surface area (Å²) >= 11 is 0. The molecule has 1 heterocycles. The molecule has 0 spiro atoms. The van der Waals surface area contributed by atoms with Crippen molar-refractivity contribution in [1.82, 2.24) is 9.97 Å². The molecule has 7 heteroatoms. The first-order valence-electron chi connectivity index (χ1n) is 7.59. The first kappa shape index (κ1) is 15.5. The minimum Gasteiger partial charge on any atom is -0.364 e. The van der Waals surface area contributed by atoms with Crippen LogP contribution in [0.3, 0.4) is 0 Å². The van der Waals surface area contributed by atoms with E-state index in [2.05, 4.69) is 27.5 Å². The number of hydrogen-bond acceptors (Lipinski definition) is 6. The van der Waals surface area contributed by atoms with E-state index < -0.39 is 4.92 Å². The van der Waals surface area contributed by atoms with Gasteiger partial charge >= 0.3 is 5.69 Å². The molecule has 2 atom stereocenters. The van der Waals surface area contributed by atoms with Crippen LogP contribution in [0, 0.1) is 22.0 Å². The van der Waals surface area contributed by atoms with Crippen molar-refractivity contribution in [3.8, 4) is 0 Å². The van der Waals surface area contributed by atoms with Crippen molar-refractivity contribution < 1.29 is 4.92 Å². The summed E-state index contributed by atoms with van der Waals surface area (Å²) in [6, 6.07) is 0. The Hall–Kier alpha value is -1.92. The average Bonchev–Trinajstić information content (AvgIpc) is 2.45. The third kappa shape index (κ3) is 4.03. The van der Waals surface area contributed by atoms with Gasteiger partial charge in [-0.1, -0.05) is 19.8 Å². The topological polar surface area (TPSA) is 93.0 Å². The van der Waals surface area contributed by atoms with Crippen molar-refractivity contribution in [1.29, 1.82) is 0 Å². The summed E-state index contributed by atoms with van der Waals surface area (Å²) in [5.41, 5.74) is -0.0665. The van der Waals surface area contributed by atoms with E-state index in [-0.39, 0.29) is 11.5 Å². The lowest BCUT2D eigenvalue weighted by Gasteiger charge is -2.26. The number of nitro groups is 1. The van der Waals surface area contributed by atoms with E-state index >= 15 is 0 Å². The smallest absolute Gasteiger partial charge is 0.353 e. The summed E-state index contributed by atoms with van der Waals surface area (Å²) in [5.74, 6) is 1.88. The van der Waals surface area contributed by atoms with Crippen LogP contribution >= 0.6 is 0 Å². The summed E-state index contributed by atoms with van der Waals surface area (Å²) in [4.78, 5) is 18.8. The minimum absolute atomic E-state index is 0.0665. The van der Waals surface area contributed by atoms with Gasteiger partial charge in [-0.25, -0.2) is 9.97 Å². The number of rotatable bonds is 6. The number of anilines is 2. The minimum atomic E-state index is -0.427. The second-order valence-electron chi connectivity index (χ2n) is 5.73. The molecule has 0 aliphatic heterocycles. The van der Waals surface area contributed by atoms with Crippen LogP contribution in [0.5, 0.6) is 0 Å². The SMILES string of the molecule is CCNc1ncnc(NCC2CCCC(C)C2)c1[N+](=O)[O-]. The predicted octanol–water partition coefficient (Wildman–Crippen LogP) is 3.05. The van der Waals surface area contributed by atoms with E-state index in [1.165, 1.54) is 32.0 Å². The Morgan fingerprint density at radius 1 is 1.33 bits per heavy atom. The fourth-order valence-corrected chi connectivity index (χ4v) is 2.96. The third-order valence-corrected chi connectivity index (χ3v) is 3.95. The van der Waals surface area contributed by atoms with Crippen LogP contribution in [-0.4, -0.2) is 28.0 Å². The molecule has 2 unspecified atom stereocenters. The molecule has 1 aliphatic rings. The van der Waals surface area contributed by atoms with E-state index in [0.29, 0.717) is 18.3 Å². The first-order valence-corrected chi connectivity index (χ1v) is 7.59. The molecular weight excluding hydrogens is 270 g/mol. The quantitative estimate of drug-likeness (QED) is 0.618. The first-order chi connectivity index (χ1) is 10.1. The molecule has 1 fully saturated rings. The molecule has 0 amide bonds. The second-order valence-corrected chi connectivity index (χ2v) is 5.73. The Kier molecular flexibility index (Phi) is 5.30. The van der Waals surface area contributed by atoms with E-state index in [9.17, 15) is 10.1 Å². The molecule has 1 saturated carbocycles. The maximum Gasteiger partial charge on any atom is 0.353 e. The molecule has 7 nitrogen and oxygen atoms in total. The summed E-state index contributed by atoms with van der Waals surface area (Å²) in [6.07, 6.45) is 6.23. The van der Waals surface area contributed by atoms with Crippen molar-refractivity contribution in [3.05, 3.63) is 16.4 Å². The largest absolute Gasteiger partial charge is 0.364 e. The highest BCUT2D eigenvalue weighted by molar-refractivity contribution is 5.69. The van der Waals surface area contributed by atoms with Crippen LogP contribution in [0.25, 0.3) is 0 Å². The van der Waals surface area contributed by atoms with Crippen LogP contribution in [0.1, 0.15) is 39.5 Å². The molecule has 2 N–H and O–H groups in total. The van der Waals surface area contributed by atoms with Gasteiger partial charge < -0.3 is 10.6 Å². The lowest BCUT2D eigenvalue weighted by Crippen LogP contribution is -2.22. The summed E-state index contributed by atoms with van der Waals surface area (Å²) < 4.78 is 0. The zero-order chi connectivity index (χ0) is 15.2. The van der Waals surface area contributed by atoms with Gasteiger partial charge in [-0.15, -0.1) is 0 Å². The molecule has 0 saturated heterocycles. The Morgan fingerprint density at radius 3 is 2.67 bits per heavy atom. The molecule has 2 rings (SSSR count). The van der Waals surface area contributed by atoms with Gasteiger partial charge in [0.1, 0.15) is 6.33 Å². The molecule has 1 aromatic rings. The molecule has 1 aliphatic carbocycles. The second kappa shape index (κ2) is 7.19. The fourth-order valence-electron chi connectivity index (χ4n) is 2.96. The highest BCUT2D eigenvalue weighted by Crippen LogP contribution is 2.31. The van der Waals surface area contributed by atoms with Crippen molar-refractivity contribution in [2.24, 2.45) is 11.8 Å². The third-order valence-electron chi connectivity index (χ3n) is 3.95. The number of hydrogen-bond donors (Lipinski definition) is 2. The number of aromatic nitrogens is 2. The summed E-state index contributed by atoms with van der Waals surface area (Å²) in [5, 5.41) is 17.3. The van der Waals surface area contributed by atoms with Gasteiger partial charge in [-0.2, -0.15) is 0 Å². The molecule has 0 bridgehead atoms. The van der Waals surface area contributed by atoms with Crippen molar-refractivity contribution in [2.45, 2.75) is 39.5 Å². The van der Waals surface area contributed by atoms with E-state index in [1.54, 1.807) is 0 Å². The highest BCUT2D eigenvalue weighted by atomic mass is 16.6. The normalized spacial score (nSPS) is 21.8. The van der Waals surface area contributed by atoms with Gasteiger partial charge in [-0.05, 0) is 31.6 Å². The van der Waals surface area contributed by atoms with Crippen LogP contribution in [0.4, 0.5) is 17.3 Å². The van der Waals surface area contributed by atoms with Crippen LogP contribution < -0.4 is 10.6 Å². The lowest BCUT2D eigenvalue weighted by molar-refractivity contribution is -0.383. The molecule has 116 valence electrons. The average molecular weight is 293 g/mol. The molecule has 1 aromatic heterocycles. The van der Waals surface area contributed by atoms with Crippen LogP contribution in [0.2, 0.25) is 0 Å². The van der Waals surface area contributed by atoms with Crippen molar-refractivity contribution in [2.75, 3.05) is 23.7 Å². The number of nitrogens with zero attached hydrogens (tertiary/aromatic N) is 3. The highest BCUT2D eigenvalue weighted by Gasteiger charge is 2.24. The monoisotopic (exact) mass is 293 g/mol. The van der Waals surface area contributed by atoms with Crippen LogP contribution in [0.15, 0.2) is 6.33 Å². The van der Waals surface area contributed by atoms with E-state index in [0.717, 1.165) is 12.5 Å². The lowest BCUT2D eigenvalue weighted by atomic mass is 9.82. The van der Waals surface area contributed by atoms with Gasteiger partial charge in [0.15, 0.2) is 0 Å². The number of nitrogens with one attached hydrogen (secondary N) is 2. The Bertz CT molecular complexity index is 494. The Labute approximate surface area is 124 Å². The Morgan fingerprint density at radius 2 is 2.05 bits per heavy atom. The molecule has 0 radical (unpaired) electrons. The van der Waals surface area contributed by atoms with E-state index in [4.69, 9.17) is 0 Å². The van der Waals surface area contributed by atoms with E-state index in [1.807, 2.05) is 6.92 Å². The maximum absolute atomic E-state index is 11.3. The van der Waals surface area contributed by atoms with Crippen molar-refractivity contribution >= 4 is 17.3 Å². The zero-order valence-corrected chi connectivity index (χ0v) is 12.6. The zero-order valence-electron chi connectivity index (χ0n) is 12.6. The standard InChI is InChI=1S/C14H23N5O2/c1-3-15-13-12(19(20)21)14(18-9-17-13)16-8-11-6-4-5-10(2)7-11/h9-11H,3-8H2,1-2H3,(H2,15,16,17,18). The van der Waals surface area contributed by atoms with Gasteiger partial charge in [0, 0.05) is 13.1 Å². The van der Waals surface area contributed by atoms with Gasteiger partial charge in [0.2, 0.25) is 11.6 Å². The molecule has 0 aromatic carbocycles.